The van der Waals surface area contributed by atoms with E-state index in [1.807, 2.05) is 0 Å². The molecule has 0 aliphatic rings. The third-order valence-electron chi connectivity index (χ3n) is 4.16. The van der Waals surface area contributed by atoms with Crippen molar-refractivity contribution in [2.24, 2.45) is 7.05 Å². The maximum absolute atomic E-state index is 13.3. The van der Waals surface area contributed by atoms with E-state index in [0.29, 0.717) is 11.3 Å². The third-order valence-corrected chi connectivity index (χ3v) is 4.16. The first-order valence-corrected chi connectivity index (χ1v) is 8.04. The van der Waals surface area contributed by atoms with Crippen LogP contribution in [0.3, 0.4) is 0 Å². The molecule has 1 heterocycles. The van der Waals surface area contributed by atoms with Crippen molar-refractivity contribution in [3.8, 4) is 0 Å². The summed E-state index contributed by atoms with van der Waals surface area (Å²) in [7, 11) is 1.57. The van der Waals surface area contributed by atoms with Crippen molar-refractivity contribution in [1.82, 2.24) is 9.88 Å². The molecule has 0 spiro atoms. The van der Waals surface area contributed by atoms with Crippen LogP contribution in [-0.4, -0.2) is 28.7 Å². The highest BCUT2D eigenvalue weighted by molar-refractivity contribution is 6.43. The molecule has 0 unspecified atom stereocenters. The number of anilines is 1. The Morgan fingerprint density at radius 1 is 1.19 bits per heavy atom. The monoisotopic (exact) mass is 375 g/mol. The van der Waals surface area contributed by atoms with Crippen LogP contribution < -0.4 is 10.6 Å². The van der Waals surface area contributed by atoms with E-state index >= 15 is 0 Å². The van der Waals surface area contributed by atoms with Crippen molar-refractivity contribution >= 4 is 23.3 Å². The lowest BCUT2D eigenvalue weighted by Gasteiger charge is -2.08. The van der Waals surface area contributed by atoms with Crippen molar-refractivity contribution < 1.29 is 23.2 Å². The number of hydrogen-bond donors (Lipinski definition) is 2. The molecule has 2 aromatic rings. The summed E-state index contributed by atoms with van der Waals surface area (Å²) < 4.78 is 27.8. The lowest BCUT2D eigenvalue weighted by atomic mass is 10.0. The summed E-state index contributed by atoms with van der Waals surface area (Å²) in [6.07, 6.45) is 1.44. The van der Waals surface area contributed by atoms with Crippen LogP contribution in [0, 0.1) is 25.5 Å². The lowest BCUT2D eigenvalue weighted by molar-refractivity contribution is -0.116. The minimum atomic E-state index is -1.10. The second-order valence-electron chi connectivity index (χ2n) is 5.90. The maximum Gasteiger partial charge on any atom is 0.292 e. The molecule has 0 atom stereocenters. The van der Waals surface area contributed by atoms with Gasteiger partial charge in [0.25, 0.3) is 17.6 Å². The van der Waals surface area contributed by atoms with Crippen LogP contribution in [0.25, 0.3) is 0 Å². The maximum atomic E-state index is 13.3. The first-order chi connectivity index (χ1) is 12.7. The molecule has 0 fully saturated rings. The average Bonchev–Trinajstić information content (AvgIpc) is 2.84. The molecule has 1 aromatic heterocycles. The van der Waals surface area contributed by atoms with E-state index in [1.165, 1.54) is 16.7 Å². The van der Waals surface area contributed by atoms with E-state index in [1.54, 1.807) is 20.9 Å². The first kappa shape index (κ1) is 20.0. The molecule has 0 saturated heterocycles. The number of rotatable bonds is 6. The topological polar surface area (TPSA) is 80.2 Å². The van der Waals surface area contributed by atoms with Crippen LogP contribution >= 0.6 is 0 Å². The van der Waals surface area contributed by atoms with Crippen LogP contribution in [-0.2, 0) is 11.8 Å². The third kappa shape index (κ3) is 3.94. The van der Waals surface area contributed by atoms with Crippen molar-refractivity contribution in [3.63, 3.8) is 0 Å². The van der Waals surface area contributed by atoms with E-state index in [-0.39, 0.29) is 23.5 Å². The molecule has 0 aliphatic heterocycles. The van der Waals surface area contributed by atoms with Crippen LogP contribution in [0.2, 0.25) is 0 Å². The van der Waals surface area contributed by atoms with Gasteiger partial charge in [0.15, 0.2) is 11.6 Å². The van der Waals surface area contributed by atoms with Gasteiger partial charge in [0, 0.05) is 31.0 Å². The number of aromatic nitrogens is 1. The van der Waals surface area contributed by atoms with Crippen LogP contribution in [0.15, 0.2) is 30.9 Å². The Labute approximate surface area is 154 Å². The summed E-state index contributed by atoms with van der Waals surface area (Å²) in [6, 6.07) is 2.97. The number of ketones is 1. The van der Waals surface area contributed by atoms with Gasteiger partial charge in [0.05, 0.1) is 5.56 Å². The van der Waals surface area contributed by atoms with E-state index in [0.717, 1.165) is 12.1 Å². The van der Waals surface area contributed by atoms with Crippen molar-refractivity contribution in [2.75, 3.05) is 11.9 Å². The highest BCUT2D eigenvalue weighted by Gasteiger charge is 2.28. The van der Waals surface area contributed by atoms with Gasteiger partial charge in [-0.15, -0.1) is 6.58 Å². The Morgan fingerprint density at radius 3 is 2.44 bits per heavy atom. The zero-order valence-electron chi connectivity index (χ0n) is 15.2. The SMILES string of the molecule is C=CCNC(=O)C(=O)c1c(C)c(C(=O)Nc2ccc(F)c(F)c2)n(C)c1C. The van der Waals surface area contributed by atoms with Gasteiger partial charge in [-0.2, -0.15) is 0 Å². The van der Waals surface area contributed by atoms with Gasteiger partial charge in [-0.05, 0) is 31.5 Å². The molecule has 2 amide bonds. The molecule has 0 aliphatic carbocycles. The second kappa shape index (κ2) is 7.94. The fraction of sp³-hybridized carbons (Fsp3) is 0.211. The van der Waals surface area contributed by atoms with Crippen molar-refractivity contribution in [2.45, 2.75) is 13.8 Å². The summed E-state index contributed by atoms with van der Waals surface area (Å²) in [5, 5.41) is 4.86. The number of hydrogen-bond acceptors (Lipinski definition) is 3. The molecule has 27 heavy (non-hydrogen) atoms. The number of nitrogens with one attached hydrogen (secondary N) is 2. The number of benzene rings is 1. The molecule has 0 saturated carbocycles. The quantitative estimate of drug-likeness (QED) is 0.463. The standard InChI is InChI=1S/C19H19F2N3O3/c1-5-8-22-19(27)17(25)15-10(2)16(24(4)11(15)3)18(26)23-12-6-7-13(20)14(21)9-12/h5-7,9H,1,8H2,2-4H3,(H,22,27)(H,23,26). The smallest absolute Gasteiger partial charge is 0.292 e. The number of amides is 2. The van der Waals surface area contributed by atoms with Crippen molar-refractivity contribution in [1.29, 1.82) is 0 Å². The number of Topliss-reactive ketones (excluding diaryl/α,β-unsaturated/α-hetero) is 1. The van der Waals surface area contributed by atoms with Gasteiger partial charge < -0.3 is 15.2 Å². The highest BCUT2D eigenvalue weighted by atomic mass is 19.2. The molecular formula is C19H19F2N3O3. The van der Waals surface area contributed by atoms with Gasteiger partial charge in [-0.1, -0.05) is 6.08 Å². The Hall–Kier alpha value is -3.29. The Kier molecular flexibility index (Phi) is 5.89. The molecular weight excluding hydrogens is 356 g/mol. The molecule has 142 valence electrons. The van der Waals surface area contributed by atoms with Crippen LogP contribution in [0.1, 0.15) is 32.1 Å². The van der Waals surface area contributed by atoms with E-state index < -0.39 is 29.2 Å². The number of carbonyl (C=O) groups excluding carboxylic acids is 3. The molecule has 2 N–H and O–H groups in total. The summed E-state index contributed by atoms with van der Waals surface area (Å²) in [5.41, 5.74) is 1.07. The predicted molar refractivity (Wildman–Crippen MR) is 96.7 cm³/mol. The van der Waals surface area contributed by atoms with Crippen LogP contribution in [0.5, 0.6) is 0 Å². The van der Waals surface area contributed by atoms with Crippen LogP contribution in [0.4, 0.5) is 14.5 Å². The predicted octanol–water partition coefficient (Wildman–Crippen LogP) is 2.66. The molecule has 1 aromatic carbocycles. The number of halogens is 2. The molecule has 0 bridgehead atoms. The summed E-state index contributed by atoms with van der Waals surface area (Å²) in [6.45, 7) is 6.75. The average molecular weight is 375 g/mol. The second-order valence-corrected chi connectivity index (χ2v) is 5.90. The molecule has 6 nitrogen and oxygen atoms in total. The molecule has 0 radical (unpaired) electrons. The minimum Gasteiger partial charge on any atom is -0.346 e. The normalized spacial score (nSPS) is 10.4. The Balaban J connectivity index is 2.36. The minimum absolute atomic E-state index is 0.0637. The van der Waals surface area contributed by atoms with Gasteiger partial charge in [0.1, 0.15) is 5.69 Å². The zero-order valence-corrected chi connectivity index (χ0v) is 15.2. The number of carbonyl (C=O) groups is 3. The van der Waals surface area contributed by atoms with Gasteiger partial charge in [-0.25, -0.2) is 8.78 Å². The Morgan fingerprint density at radius 2 is 1.85 bits per heavy atom. The largest absolute Gasteiger partial charge is 0.346 e. The first-order valence-electron chi connectivity index (χ1n) is 8.04. The highest BCUT2D eigenvalue weighted by Crippen LogP contribution is 2.23. The Bertz CT molecular complexity index is 948. The zero-order chi connectivity index (χ0) is 20.3. The van der Waals surface area contributed by atoms with E-state index in [9.17, 15) is 23.2 Å². The van der Waals surface area contributed by atoms with Gasteiger partial charge in [0.2, 0.25) is 0 Å². The summed E-state index contributed by atoms with van der Waals surface area (Å²) >= 11 is 0. The fourth-order valence-corrected chi connectivity index (χ4v) is 2.76. The lowest BCUT2D eigenvalue weighted by Crippen LogP contribution is -2.31. The number of nitrogens with zero attached hydrogens (tertiary/aromatic N) is 1. The molecule has 8 heteroatoms. The van der Waals surface area contributed by atoms with E-state index in [2.05, 4.69) is 17.2 Å². The van der Waals surface area contributed by atoms with E-state index in [4.69, 9.17) is 0 Å². The molecule has 2 rings (SSSR count). The summed E-state index contributed by atoms with van der Waals surface area (Å²) in [5.74, 6) is -4.32. The van der Waals surface area contributed by atoms with Gasteiger partial charge in [-0.3, -0.25) is 14.4 Å². The fourth-order valence-electron chi connectivity index (χ4n) is 2.76. The summed E-state index contributed by atoms with van der Waals surface area (Å²) in [4.78, 5) is 37.0. The van der Waals surface area contributed by atoms with Crippen molar-refractivity contribution in [3.05, 3.63) is 65.0 Å². The van der Waals surface area contributed by atoms with Gasteiger partial charge >= 0.3 is 0 Å².